The number of halogens is 2. The predicted molar refractivity (Wildman–Crippen MR) is 70.9 cm³/mol. The molecular weight excluding hydrogens is 246 g/mol. The van der Waals surface area contributed by atoms with Crippen molar-refractivity contribution in [2.24, 2.45) is 10.8 Å². The summed E-state index contributed by atoms with van der Waals surface area (Å²) in [5, 5.41) is 9.09. The maximum absolute atomic E-state index is 12.9. The minimum atomic E-state index is -2.47. The van der Waals surface area contributed by atoms with Gasteiger partial charge in [0.25, 0.3) is 5.92 Å². The van der Waals surface area contributed by atoms with Gasteiger partial charge < -0.3 is 0 Å². The summed E-state index contributed by atoms with van der Waals surface area (Å²) in [6, 6.07) is 2.64. The van der Waals surface area contributed by atoms with Crippen LogP contribution in [0, 0.1) is 22.2 Å². The molecule has 1 heterocycles. The molecule has 0 radical (unpaired) electrons. The normalized spacial score (nSPS) is 35.5. The average Bonchev–Trinajstić information content (AvgIpc) is 2.26. The lowest BCUT2D eigenvalue weighted by Crippen LogP contribution is -2.61. The van der Waals surface area contributed by atoms with Crippen molar-refractivity contribution in [2.75, 3.05) is 13.1 Å². The first-order chi connectivity index (χ1) is 8.69. The zero-order valence-corrected chi connectivity index (χ0v) is 12.2. The van der Waals surface area contributed by atoms with E-state index >= 15 is 0 Å². The van der Waals surface area contributed by atoms with Crippen molar-refractivity contribution in [3.63, 3.8) is 0 Å². The van der Waals surface area contributed by atoms with Crippen LogP contribution >= 0.6 is 0 Å². The van der Waals surface area contributed by atoms with Crippen molar-refractivity contribution in [2.45, 2.75) is 64.8 Å². The number of alkyl halides is 2. The number of hydrogen-bond acceptors (Lipinski definition) is 2. The third-order valence-corrected chi connectivity index (χ3v) is 5.31. The third-order valence-electron chi connectivity index (χ3n) is 5.31. The van der Waals surface area contributed by atoms with E-state index < -0.39 is 5.92 Å². The van der Waals surface area contributed by atoms with Crippen LogP contribution in [0.25, 0.3) is 0 Å². The Morgan fingerprint density at radius 2 is 1.74 bits per heavy atom. The molecule has 1 saturated carbocycles. The van der Waals surface area contributed by atoms with Crippen molar-refractivity contribution < 1.29 is 8.78 Å². The zero-order valence-electron chi connectivity index (χ0n) is 12.2. The first kappa shape index (κ1) is 14.7. The summed E-state index contributed by atoms with van der Waals surface area (Å²) in [7, 11) is 0. The van der Waals surface area contributed by atoms with Gasteiger partial charge in [-0.2, -0.15) is 5.26 Å². The zero-order chi connectivity index (χ0) is 14.3. The molecule has 0 atom stereocenters. The van der Waals surface area contributed by atoms with Crippen LogP contribution in [0.2, 0.25) is 0 Å². The molecule has 0 spiro atoms. The van der Waals surface area contributed by atoms with Gasteiger partial charge in [0.15, 0.2) is 0 Å². The molecular formula is C15H24F2N2. The van der Waals surface area contributed by atoms with E-state index in [1.165, 1.54) is 0 Å². The van der Waals surface area contributed by atoms with Crippen LogP contribution in [-0.4, -0.2) is 30.0 Å². The molecule has 0 N–H and O–H groups in total. The molecule has 2 aliphatic rings. The van der Waals surface area contributed by atoms with Crippen LogP contribution in [0.4, 0.5) is 8.78 Å². The molecule has 2 rings (SSSR count). The highest BCUT2D eigenvalue weighted by Crippen LogP contribution is 2.53. The van der Waals surface area contributed by atoms with Crippen molar-refractivity contribution in [3.05, 3.63) is 0 Å². The van der Waals surface area contributed by atoms with E-state index in [1.54, 1.807) is 0 Å². The summed E-state index contributed by atoms with van der Waals surface area (Å²) >= 11 is 0. The van der Waals surface area contributed by atoms with Crippen LogP contribution < -0.4 is 0 Å². The van der Waals surface area contributed by atoms with Gasteiger partial charge in [-0.25, -0.2) is 8.78 Å². The fourth-order valence-electron chi connectivity index (χ4n) is 3.67. The first-order valence-corrected chi connectivity index (χ1v) is 7.18. The third kappa shape index (κ3) is 2.76. The average molecular weight is 270 g/mol. The summed E-state index contributed by atoms with van der Waals surface area (Å²) in [6.07, 6.45) is 4.46. The van der Waals surface area contributed by atoms with Crippen LogP contribution in [0.5, 0.6) is 0 Å². The Morgan fingerprint density at radius 3 is 2.11 bits per heavy atom. The molecule has 0 aromatic carbocycles. The number of likely N-dealkylation sites (tertiary alicyclic amines) is 1. The smallest absolute Gasteiger partial charge is 0.272 e. The number of nitriles is 1. The van der Waals surface area contributed by atoms with Crippen molar-refractivity contribution in [1.29, 1.82) is 5.26 Å². The molecule has 0 aromatic heterocycles. The van der Waals surface area contributed by atoms with Gasteiger partial charge in [-0.15, -0.1) is 0 Å². The van der Waals surface area contributed by atoms with Gasteiger partial charge in [0, 0.05) is 12.5 Å². The molecule has 2 nitrogen and oxygen atoms in total. The lowest BCUT2D eigenvalue weighted by atomic mass is 9.57. The van der Waals surface area contributed by atoms with Gasteiger partial charge >= 0.3 is 0 Å². The van der Waals surface area contributed by atoms with Crippen LogP contribution in [-0.2, 0) is 0 Å². The largest absolute Gasteiger partial charge is 0.288 e. The van der Waals surface area contributed by atoms with Gasteiger partial charge in [-0.05, 0) is 36.5 Å². The standard InChI is InChI=1S/C15H24F2N2/c1-13(2,3)14(8-9-18)6-4-12(5-7-14)19-10-15(16,17)11-19/h12H,4-8,10-11H2,1-3H3/t12-,14-. The van der Waals surface area contributed by atoms with E-state index in [9.17, 15) is 8.78 Å². The minimum Gasteiger partial charge on any atom is -0.288 e. The van der Waals surface area contributed by atoms with Crippen molar-refractivity contribution >= 4 is 0 Å². The summed E-state index contributed by atoms with van der Waals surface area (Å²) in [6.45, 7) is 6.45. The molecule has 1 aliphatic heterocycles. The number of nitrogens with zero attached hydrogens (tertiary/aromatic N) is 2. The molecule has 108 valence electrons. The summed E-state index contributed by atoms with van der Waals surface area (Å²) < 4.78 is 25.8. The second kappa shape index (κ2) is 4.70. The lowest BCUT2D eigenvalue weighted by Gasteiger charge is -2.52. The van der Waals surface area contributed by atoms with Crippen LogP contribution in [0.3, 0.4) is 0 Å². The second-order valence-corrected chi connectivity index (χ2v) is 7.36. The molecule has 4 heteroatoms. The van der Waals surface area contributed by atoms with Gasteiger partial charge in [0.2, 0.25) is 0 Å². The van der Waals surface area contributed by atoms with Crippen molar-refractivity contribution in [1.82, 2.24) is 4.90 Å². The summed E-state index contributed by atoms with van der Waals surface area (Å²) in [5.74, 6) is -2.47. The highest BCUT2D eigenvalue weighted by Gasteiger charge is 2.50. The predicted octanol–water partition coefficient (Wildman–Crippen LogP) is 3.83. The van der Waals surface area contributed by atoms with Gasteiger partial charge in [-0.1, -0.05) is 20.8 Å². The van der Waals surface area contributed by atoms with E-state index in [0.29, 0.717) is 12.5 Å². The van der Waals surface area contributed by atoms with E-state index in [4.69, 9.17) is 5.26 Å². The van der Waals surface area contributed by atoms with E-state index in [2.05, 4.69) is 26.8 Å². The minimum absolute atomic E-state index is 0.0611. The Bertz CT molecular complexity index is 363. The second-order valence-electron chi connectivity index (χ2n) is 7.36. The summed E-state index contributed by atoms with van der Waals surface area (Å²) in [5.41, 5.74) is 0.165. The highest BCUT2D eigenvalue weighted by atomic mass is 19.3. The SMILES string of the molecule is CC(C)(C)[C@]1(CC#N)CC[C@@H](N2CC(F)(F)C2)CC1. The topological polar surface area (TPSA) is 27.0 Å². The first-order valence-electron chi connectivity index (χ1n) is 7.18. The van der Waals surface area contributed by atoms with Crippen molar-refractivity contribution in [3.8, 4) is 6.07 Å². The van der Waals surface area contributed by atoms with E-state index in [1.807, 2.05) is 4.90 Å². The Hall–Kier alpha value is -0.690. The molecule has 1 saturated heterocycles. The molecule has 2 fully saturated rings. The lowest BCUT2D eigenvalue weighted by molar-refractivity contribution is -0.155. The van der Waals surface area contributed by atoms with Gasteiger partial charge in [0.05, 0.1) is 19.2 Å². The van der Waals surface area contributed by atoms with E-state index in [-0.39, 0.29) is 23.9 Å². The van der Waals surface area contributed by atoms with Crippen LogP contribution in [0.1, 0.15) is 52.9 Å². The van der Waals surface area contributed by atoms with Gasteiger partial charge in [-0.3, -0.25) is 4.90 Å². The van der Waals surface area contributed by atoms with E-state index in [0.717, 1.165) is 25.7 Å². The molecule has 19 heavy (non-hydrogen) atoms. The monoisotopic (exact) mass is 270 g/mol. The highest BCUT2D eigenvalue weighted by molar-refractivity contribution is 5.02. The molecule has 0 bridgehead atoms. The Balaban J connectivity index is 1.96. The molecule has 0 aromatic rings. The molecule has 0 unspecified atom stereocenters. The Kier molecular flexibility index (Phi) is 3.64. The maximum Gasteiger partial charge on any atom is 0.272 e. The molecule has 0 amide bonds. The number of rotatable bonds is 2. The molecule has 1 aliphatic carbocycles. The number of hydrogen-bond donors (Lipinski definition) is 0. The Morgan fingerprint density at radius 1 is 1.21 bits per heavy atom. The Labute approximate surface area is 114 Å². The fraction of sp³-hybridized carbons (Fsp3) is 0.933. The van der Waals surface area contributed by atoms with Crippen LogP contribution in [0.15, 0.2) is 0 Å². The van der Waals surface area contributed by atoms with Gasteiger partial charge in [0.1, 0.15) is 0 Å². The summed E-state index contributed by atoms with van der Waals surface area (Å²) in [4.78, 5) is 1.92. The maximum atomic E-state index is 12.9. The fourth-order valence-corrected chi connectivity index (χ4v) is 3.67. The quantitative estimate of drug-likeness (QED) is 0.762.